The lowest BCUT2D eigenvalue weighted by Crippen LogP contribution is -2.06. The number of nitrogens with one attached hydrogen (secondary N) is 1. The normalized spacial score (nSPS) is 10.5. The molecular formula is C16H18FNO. The summed E-state index contributed by atoms with van der Waals surface area (Å²) in [5, 5.41) is 3.01. The molecule has 100 valence electrons. The van der Waals surface area contributed by atoms with Gasteiger partial charge in [-0.15, -0.1) is 0 Å². The van der Waals surface area contributed by atoms with Gasteiger partial charge in [-0.25, -0.2) is 4.39 Å². The molecule has 0 unspecified atom stereocenters. The van der Waals surface area contributed by atoms with E-state index < -0.39 is 0 Å². The second kappa shape index (κ2) is 6.34. The van der Waals surface area contributed by atoms with Crippen LogP contribution in [0.1, 0.15) is 18.1 Å². The average Bonchev–Trinajstić information content (AvgIpc) is 2.42. The minimum atomic E-state index is -0.250. The first-order chi connectivity index (χ1) is 9.22. The van der Waals surface area contributed by atoms with E-state index in [9.17, 15) is 4.39 Å². The Labute approximate surface area is 113 Å². The van der Waals surface area contributed by atoms with Crippen molar-refractivity contribution in [2.24, 2.45) is 0 Å². The van der Waals surface area contributed by atoms with Gasteiger partial charge in [-0.1, -0.05) is 19.1 Å². The summed E-state index contributed by atoms with van der Waals surface area (Å²) in [6.45, 7) is 2.67. The zero-order valence-electron chi connectivity index (χ0n) is 11.2. The maximum atomic E-state index is 13.2. The van der Waals surface area contributed by atoms with Crippen molar-refractivity contribution in [2.75, 3.05) is 7.05 Å². The van der Waals surface area contributed by atoms with Crippen LogP contribution in [-0.4, -0.2) is 7.05 Å². The van der Waals surface area contributed by atoms with Crippen LogP contribution in [0.15, 0.2) is 42.5 Å². The van der Waals surface area contributed by atoms with Crippen LogP contribution in [0.2, 0.25) is 0 Å². The van der Waals surface area contributed by atoms with Crippen molar-refractivity contribution in [1.82, 2.24) is 5.32 Å². The van der Waals surface area contributed by atoms with Gasteiger partial charge in [-0.3, -0.25) is 0 Å². The quantitative estimate of drug-likeness (QED) is 0.879. The molecule has 0 saturated carbocycles. The Hall–Kier alpha value is -1.87. The Morgan fingerprint density at radius 1 is 1.16 bits per heavy atom. The fourth-order valence-electron chi connectivity index (χ4n) is 1.93. The van der Waals surface area contributed by atoms with Crippen LogP contribution in [-0.2, 0) is 13.0 Å². The molecule has 0 amide bonds. The van der Waals surface area contributed by atoms with Gasteiger partial charge in [0.2, 0.25) is 0 Å². The van der Waals surface area contributed by atoms with Crippen molar-refractivity contribution in [3.8, 4) is 11.5 Å². The molecule has 2 aromatic carbocycles. The maximum absolute atomic E-state index is 13.2. The molecule has 0 bridgehead atoms. The molecule has 0 heterocycles. The van der Waals surface area contributed by atoms with Crippen LogP contribution >= 0.6 is 0 Å². The Balaban J connectivity index is 2.26. The van der Waals surface area contributed by atoms with Crippen molar-refractivity contribution in [3.05, 3.63) is 59.4 Å². The highest BCUT2D eigenvalue weighted by Crippen LogP contribution is 2.26. The lowest BCUT2D eigenvalue weighted by atomic mass is 10.1. The number of hydrogen-bond donors (Lipinski definition) is 1. The van der Waals surface area contributed by atoms with E-state index in [1.807, 2.05) is 25.2 Å². The van der Waals surface area contributed by atoms with Gasteiger partial charge in [-0.2, -0.15) is 0 Å². The number of benzene rings is 2. The maximum Gasteiger partial charge on any atom is 0.132 e. The molecule has 0 atom stereocenters. The molecule has 19 heavy (non-hydrogen) atoms. The van der Waals surface area contributed by atoms with Gasteiger partial charge in [0.15, 0.2) is 0 Å². The van der Waals surface area contributed by atoms with Crippen LogP contribution < -0.4 is 10.1 Å². The second-order valence-electron chi connectivity index (χ2n) is 4.39. The van der Waals surface area contributed by atoms with Gasteiger partial charge in [0, 0.05) is 12.1 Å². The largest absolute Gasteiger partial charge is 0.457 e. The predicted octanol–water partition coefficient (Wildman–Crippen LogP) is 3.90. The van der Waals surface area contributed by atoms with Crippen molar-refractivity contribution < 1.29 is 9.13 Å². The van der Waals surface area contributed by atoms with E-state index in [2.05, 4.69) is 18.3 Å². The Morgan fingerprint density at radius 3 is 2.74 bits per heavy atom. The Morgan fingerprint density at radius 2 is 2.00 bits per heavy atom. The second-order valence-corrected chi connectivity index (χ2v) is 4.39. The summed E-state index contributed by atoms with van der Waals surface area (Å²) in [6.07, 6.45) is 0.962. The van der Waals surface area contributed by atoms with Crippen molar-refractivity contribution in [3.63, 3.8) is 0 Å². The molecule has 0 aliphatic rings. The van der Waals surface area contributed by atoms with Gasteiger partial charge < -0.3 is 10.1 Å². The summed E-state index contributed by atoms with van der Waals surface area (Å²) in [6, 6.07) is 12.5. The minimum absolute atomic E-state index is 0.250. The molecule has 0 fully saturated rings. The molecule has 0 aromatic heterocycles. The van der Waals surface area contributed by atoms with Crippen LogP contribution in [0, 0.1) is 5.82 Å². The van der Waals surface area contributed by atoms with E-state index >= 15 is 0 Å². The molecule has 1 N–H and O–H groups in total. The third-order valence-electron chi connectivity index (χ3n) is 2.92. The number of rotatable bonds is 5. The molecule has 0 aliphatic carbocycles. The van der Waals surface area contributed by atoms with Gasteiger partial charge >= 0.3 is 0 Å². The van der Waals surface area contributed by atoms with Crippen LogP contribution in [0.3, 0.4) is 0 Å². The molecule has 2 nitrogen and oxygen atoms in total. The molecule has 2 aromatic rings. The lowest BCUT2D eigenvalue weighted by molar-refractivity contribution is 0.471. The highest BCUT2D eigenvalue weighted by atomic mass is 19.1. The molecule has 0 saturated heterocycles. The lowest BCUT2D eigenvalue weighted by Gasteiger charge is -2.12. The molecule has 0 aliphatic heterocycles. The summed E-state index contributed by atoms with van der Waals surface area (Å²) >= 11 is 0. The average molecular weight is 259 g/mol. The number of halogens is 1. The zero-order chi connectivity index (χ0) is 13.7. The number of ether oxygens (including phenoxy) is 1. The Bertz CT molecular complexity index is 554. The summed E-state index contributed by atoms with van der Waals surface area (Å²) < 4.78 is 19.1. The van der Waals surface area contributed by atoms with Crippen molar-refractivity contribution in [2.45, 2.75) is 19.9 Å². The predicted molar refractivity (Wildman–Crippen MR) is 75.1 cm³/mol. The third kappa shape index (κ3) is 3.55. The monoisotopic (exact) mass is 259 g/mol. The smallest absolute Gasteiger partial charge is 0.132 e. The van der Waals surface area contributed by atoms with Gasteiger partial charge in [0.1, 0.15) is 17.3 Å². The molecule has 3 heteroatoms. The molecule has 0 spiro atoms. The highest BCUT2D eigenvalue weighted by molar-refractivity contribution is 5.39. The molecule has 2 rings (SSSR count). The first kappa shape index (κ1) is 13.6. The van der Waals surface area contributed by atoms with Crippen LogP contribution in [0.25, 0.3) is 0 Å². The standard InChI is InChI=1S/C16H18FNO/c1-3-12-5-4-6-15(9-12)19-16-8-7-14(17)10-13(16)11-18-2/h4-10,18H,3,11H2,1-2H3. The Kier molecular flexibility index (Phi) is 4.53. The SMILES string of the molecule is CCc1cccc(Oc2ccc(F)cc2CNC)c1. The van der Waals surface area contributed by atoms with Gasteiger partial charge in [0.25, 0.3) is 0 Å². The summed E-state index contributed by atoms with van der Waals surface area (Å²) in [5.41, 5.74) is 2.03. The molecule has 0 radical (unpaired) electrons. The fraction of sp³-hybridized carbons (Fsp3) is 0.250. The van der Waals surface area contributed by atoms with E-state index in [4.69, 9.17) is 4.74 Å². The van der Waals surface area contributed by atoms with E-state index in [0.29, 0.717) is 12.3 Å². The zero-order valence-corrected chi connectivity index (χ0v) is 11.2. The van der Waals surface area contributed by atoms with E-state index in [0.717, 1.165) is 17.7 Å². The summed E-state index contributed by atoms with van der Waals surface area (Å²) in [7, 11) is 1.83. The molecular weight excluding hydrogens is 241 g/mol. The van der Waals surface area contributed by atoms with E-state index in [-0.39, 0.29) is 5.82 Å². The van der Waals surface area contributed by atoms with Gasteiger partial charge in [-0.05, 0) is 49.4 Å². The fourth-order valence-corrected chi connectivity index (χ4v) is 1.93. The number of aryl methyl sites for hydroxylation is 1. The van der Waals surface area contributed by atoms with Crippen molar-refractivity contribution >= 4 is 0 Å². The third-order valence-corrected chi connectivity index (χ3v) is 2.92. The van der Waals surface area contributed by atoms with Gasteiger partial charge in [0.05, 0.1) is 0 Å². The van der Waals surface area contributed by atoms with E-state index in [1.54, 1.807) is 6.07 Å². The first-order valence-corrected chi connectivity index (χ1v) is 6.42. The van der Waals surface area contributed by atoms with Crippen LogP contribution in [0.4, 0.5) is 4.39 Å². The van der Waals surface area contributed by atoms with Crippen molar-refractivity contribution in [1.29, 1.82) is 0 Å². The topological polar surface area (TPSA) is 21.3 Å². The first-order valence-electron chi connectivity index (χ1n) is 6.42. The summed E-state index contributed by atoms with van der Waals surface area (Å²) in [5.74, 6) is 1.22. The number of hydrogen-bond acceptors (Lipinski definition) is 2. The summed E-state index contributed by atoms with van der Waals surface area (Å²) in [4.78, 5) is 0. The van der Waals surface area contributed by atoms with E-state index in [1.165, 1.54) is 17.7 Å². The van der Waals surface area contributed by atoms with Crippen LogP contribution in [0.5, 0.6) is 11.5 Å². The highest BCUT2D eigenvalue weighted by Gasteiger charge is 2.06. The minimum Gasteiger partial charge on any atom is -0.457 e.